The number of rotatable bonds is 6. The van der Waals surface area contributed by atoms with Gasteiger partial charge in [0.1, 0.15) is 0 Å². The van der Waals surface area contributed by atoms with E-state index in [-0.39, 0.29) is 30.7 Å². The predicted molar refractivity (Wildman–Crippen MR) is 99.8 cm³/mol. The molecule has 2 aromatic rings. The number of carbonyl (C=O) groups excluding carboxylic acids is 3. The number of carbonyl (C=O) groups is 3. The first-order valence-corrected chi connectivity index (χ1v) is 9.46. The van der Waals surface area contributed by atoms with Crippen molar-refractivity contribution in [1.29, 1.82) is 0 Å². The molecule has 0 radical (unpaired) electrons. The molecule has 0 atom stereocenters. The van der Waals surface area contributed by atoms with E-state index in [1.165, 1.54) is 4.90 Å². The maximum absolute atomic E-state index is 12.2. The number of hydrogen-bond donors (Lipinski definition) is 1. The second-order valence-corrected chi connectivity index (χ2v) is 7.52. The van der Waals surface area contributed by atoms with Crippen molar-refractivity contribution in [1.82, 2.24) is 9.88 Å². The molecule has 1 aromatic heterocycles. The summed E-state index contributed by atoms with van der Waals surface area (Å²) < 4.78 is 0. The Balaban J connectivity index is 1.55. The van der Waals surface area contributed by atoms with Crippen LogP contribution in [0.1, 0.15) is 48.9 Å². The minimum Gasteiger partial charge on any atom is -0.326 e. The van der Waals surface area contributed by atoms with Gasteiger partial charge in [0.15, 0.2) is 0 Å². The van der Waals surface area contributed by atoms with Crippen LogP contribution in [-0.2, 0) is 27.3 Å². The van der Waals surface area contributed by atoms with E-state index in [0.717, 1.165) is 16.3 Å². The molecule has 136 valence electrons. The Morgan fingerprint density at radius 2 is 1.85 bits per heavy atom. The summed E-state index contributed by atoms with van der Waals surface area (Å²) in [4.78, 5) is 41.2. The highest BCUT2D eigenvalue weighted by Crippen LogP contribution is 2.20. The fourth-order valence-electron chi connectivity index (χ4n) is 2.71. The molecule has 0 bridgehead atoms. The van der Waals surface area contributed by atoms with Crippen molar-refractivity contribution in [3.8, 4) is 0 Å². The third kappa shape index (κ3) is 4.35. The largest absolute Gasteiger partial charge is 0.326 e. The van der Waals surface area contributed by atoms with Gasteiger partial charge in [0.2, 0.25) is 17.7 Å². The molecule has 1 fully saturated rings. The third-order valence-corrected chi connectivity index (χ3v) is 5.33. The van der Waals surface area contributed by atoms with E-state index in [4.69, 9.17) is 0 Å². The molecule has 1 N–H and O–H groups in total. The average Bonchev–Trinajstić information content (AvgIpc) is 3.18. The van der Waals surface area contributed by atoms with E-state index in [9.17, 15) is 14.4 Å². The number of nitrogens with zero attached hydrogens (tertiary/aromatic N) is 2. The smallest absolute Gasteiger partial charge is 0.230 e. The lowest BCUT2D eigenvalue weighted by atomic mass is 10.2. The molecular formula is C19H21N3O3S. The number of hydrogen-bond acceptors (Lipinski definition) is 5. The van der Waals surface area contributed by atoms with Crippen molar-refractivity contribution in [2.24, 2.45) is 0 Å². The van der Waals surface area contributed by atoms with Crippen molar-refractivity contribution < 1.29 is 14.4 Å². The Hall–Kier alpha value is -2.54. The maximum Gasteiger partial charge on any atom is 0.230 e. The van der Waals surface area contributed by atoms with Gasteiger partial charge in [0.25, 0.3) is 0 Å². The second-order valence-electron chi connectivity index (χ2n) is 6.63. The van der Waals surface area contributed by atoms with Crippen molar-refractivity contribution in [3.63, 3.8) is 0 Å². The highest BCUT2D eigenvalue weighted by atomic mass is 32.1. The molecule has 1 aliphatic rings. The van der Waals surface area contributed by atoms with Gasteiger partial charge in [0, 0.05) is 29.8 Å². The van der Waals surface area contributed by atoms with Gasteiger partial charge in [-0.3, -0.25) is 19.3 Å². The molecule has 7 heteroatoms. The van der Waals surface area contributed by atoms with Gasteiger partial charge in [-0.05, 0) is 17.7 Å². The summed E-state index contributed by atoms with van der Waals surface area (Å²) >= 11 is 1.57. The van der Waals surface area contributed by atoms with Crippen molar-refractivity contribution in [3.05, 3.63) is 45.9 Å². The van der Waals surface area contributed by atoms with Gasteiger partial charge in [-0.2, -0.15) is 0 Å². The van der Waals surface area contributed by atoms with Gasteiger partial charge in [-0.1, -0.05) is 26.0 Å². The first kappa shape index (κ1) is 18.3. The zero-order chi connectivity index (χ0) is 18.7. The topological polar surface area (TPSA) is 79.4 Å². The standard InChI is InChI=1S/C19H21N3O3S/c1-12(2)19-21-15(11-26-19)9-16(23)20-14-5-3-13(4-6-14)10-22-17(24)7-8-18(22)25/h3-6,11-12H,7-10H2,1-2H3,(H,20,23). The summed E-state index contributed by atoms with van der Waals surface area (Å²) in [6.45, 7) is 4.43. The van der Waals surface area contributed by atoms with Crippen molar-refractivity contribution in [2.75, 3.05) is 5.32 Å². The van der Waals surface area contributed by atoms with Gasteiger partial charge in [-0.25, -0.2) is 4.98 Å². The fraction of sp³-hybridized carbons (Fsp3) is 0.368. The lowest BCUT2D eigenvalue weighted by Gasteiger charge is -2.14. The predicted octanol–water partition coefficient (Wildman–Crippen LogP) is 3.10. The molecule has 3 rings (SSSR count). The van der Waals surface area contributed by atoms with Crippen LogP contribution in [0, 0.1) is 0 Å². The van der Waals surface area contributed by atoms with Crippen LogP contribution in [0.5, 0.6) is 0 Å². The Morgan fingerprint density at radius 1 is 1.19 bits per heavy atom. The van der Waals surface area contributed by atoms with E-state index < -0.39 is 0 Å². The molecule has 0 aliphatic carbocycles. The average molecular weight is 371 g/mol. The third-order valence-electron chi connectivity index (χ3n) is 4.14. The van der Waals surface area contributed by atoms with Crippen molar-refractivity contribution >= 4 is 34.7 Å². The zero-order valence-electron chi connectivity index (χ0n) is 14.8. The lowest BCUT2D eigenvalue weighted by molar-refractivity contribution is -0.139. The maximum atomic E-state index is 12.2. The minimum atomic E-state index is -0.128. The van der Waals surface area contributed by atoms with E-state index in [0.29, 0.717) is 24.4 Å². The molecule has 6 nitrogen and oxygen atoms in total. The van der Waals surface area contributed by atoms with E-state index in [2.05, 4.69) is 24.1 Å². The van der Waals surface area contributed by atoms with Crippen LogP contribution in [0.15, 0.2) is 29.6 Å². The Bertz CT molecular complexity index is 811. The van der Waals surface area contributed by atoms with Crippen LogP contribution in [0.25, 0.3) is 0 Å². The Labute approximate surface area is 156 Å². The van der Waals surface area contributed by atoms with E-state index >= 15 is 0 Å². The van der Waals surface area contributed by atoms with Gasteiger partial charge in [0.05, 0.1) is 23.7 Å². The molecule has 0 unspecified atom stereocenters. The van der Waals surface area contributed by atoms with Crippen LogP contribution < -0.4 is 5.32 Å². The second kappa shape index (κ2) is 7.78. The van der Waals surface area contributed by atoms with Gasteiger partial charge in [-0.15, -0.1) is 11.3 Å². The summed E-state index contributed by atoms with van der Waals surface area (Å²) in [5.41, 5.74) is 2.31. The monoisotopic (exact) mass is 371 g/mol. The number of benzene rings is 1. The SMILES string of the molecule is CC(C)c1nc(CC(=O)Nc2ccc(CN3C(=O)CCC3=O)cc2)cs1. The number of aromatic nitrogens is 1. The minimum absolute atomic E-state index is 0.122. The van der Waals surface area contributed by atoms with Crippen LogP contribution >= 0.6 is 11.3 Å². The molecule has 3 amide bonds. The fourth-order valence-corrected chi connectivity index (χ4v) is 3.55. The Kier molecular flexibility index (Phi) is 5.46. The Morgan fingerprint density at radius 3 is 2.42 bits per heavy atom. The quantitative estimate of drug-likeness (QED) is 0.792. The number of anilines is 1. The number of amides is 3. The number of nitrogens with one attached hydrogen (secondary N) is 1. The summed E-state index contributed by atoms with van der Waals surface area (Å²) in [7, 11) is 0. The highest BCUT2D eigenvalue weighted by molar-refractivity contribution is 7.09. The summed E-state index contributed by atoms with van der Waals surface area (Å²) in [6.07, 6.45) is 0.825. The van der Waals surface area contributed by atoms with Crippen LogP contribution in [-0.4, -0.2) is 27.6 Å². The van der Waals surface area contributed by atoms with Gasteiger partial charge < -0.3 is 5.32 Å². The summed E-state index contributed by atoms with van der Waals surface area (Å²) in [5, 5.41) is 5.79. The molecule has 0 saturated carbocycles. The van der Waals surface area contributed by atoms with Crippen LogP contribution in [0.2, 0.25) is 0 Å². The van der Waals surface area contributed by atoms with E-state index in [1.54, 1.807) is 23.5 Å². The van der Waals surface area contributed by atoms with Crippen LogP contribution in [0.3, 0.4) is 0 Å². The van der Waals surface area contributed by atoms with Crippen molar-refractivity contribution in [2.45, 2.75) is 45.6 Å². The summed E-state index contributed by atoms with van der Waals surface area (Å²) in [6, 6.07) is 7.18. The first-order chi connectivity index (χ1) is 12.4. The molecule has 2 heterocycles. The number of thiazole rings is 1. The highest BCUT2D eigenvalue weighted by Gasteiger charge is 2.28. The summed E-state index contributed by atoms with van der Waals surface area (Å²) in [5.74, 6) is -0.0187. The molecule has 1 aromatic carbocycles. The first-order valence-electron chi connectivity index (χ1n) is 8.58. The molecule has 1 aliphatic heterocycles. The molecular weight excluding hydrogens is 350 g/mol. The molecule has 1 saturated heterocycles. The lowest BCUT2D eigenvalue weighted by Crippen LogP contribution is -2.28. The van der Waals surface area contributed by atoms with Gasteiger partial charge >= 0.3 is 0 Å². The van der Waals surface area contributed by atoms with Crippen LogP contribution in [0.4, 0.5) is 5.69 Å². The number of likely N-dealkylation sites (tertiary alicyclic amines) is 1. The molecule has 26 heavy (non-hydrogen) atoms. The molecule has 0 spiro atoms. The zero-order valence-corrected chi connectivity index (χ0v) is 15.6. The normalized spacial score (nSPS) is 14.3. The number of imide groups is 1. The van der Waals surface area contributed by atoms with E-state index in [1.807, 2.05) is 17.5 Å².